The van der Waals surface area contributed by atoms with E-state index in [1.54, 1.807) is 0 Å². The summed E-state index contributed by atoms with van der Waals surface area (Å²) in [5.41, 5.74) is 0. The van der Waals surface area contributed by atoms with Crippen molar-refractivity contribution in [2.75, 3.05) is 39.4 Å². The molecule has 0 aromatic rings. The molecule has 0 spiro atoms. The maximum absolute atomic E-state index is 12.1. The highest BCUT2D eigenvalue weighted by molar-refractivity contribution is 5.76. The van der Waals surface area contributed by atoms with E-state index in [-0.39, 0.29) is 0 Å². The van der Waals surface area contributed by atoms with Crippen LogP contribution in [0, 0.1) is 5.92 Å². The van der Waals surface area contributed by atoms with Crippen molar-refractivity contribution in [3.63, 3.8) is 0 Å². The van der Waals surface area contributed by atoms with Gasteiger partial charge in [0.25, 0.3) is 0 Å². The summed E-state index contributed by atoms with van der Waals surface area (Å²) in [7, 11) is 0. The van der Waals surface area contributed by atoms with Crippen LogP contribution in [-0.4, -0.2) is 61.1 Å². The zero-order chi connectivity index (χ0) is 13.0. The molecule has 2 fully saturated rings. The number of amides is 1. The second-order valence-electron chi connectivity index (χ2n) is 5.64. The maximum Gasteiger partial charge on any atom is 0.224 e. The second-order valence-corrected chi connectivity index (χ2v) is 5.64. The van der Waals surface area contributed by atoms with Crippen LogP contribution in [0.3, 0.4) is 0 Å². The van der Waals surface area contributed by atoms with E-state index in [2.05, 4.69) is 18.7 Å². The van der Waals surface area contributed by atoms with Gasteiger partial charge in [0.2, 0.25) is 5.91 Å². The van der Waals surface area contributed by atoms with Gasteiger partial charge in [0.05, 0.1) is 13.2 Å². The topological polar surface area (TPSA) is 32.8 Å². The lowest BCUT2D eigenvalue weighted by Crippen LogP contribution is -2.42. The van der Waals surface area contributed by atoms with Crippen molar-refractivity contribution >= 4 is 5.91 Å². The lowest BCUT2D eigenvalue weighted by molar-refractivity contribution is -0.135. The Bertz CT molecular complexity index is 277. The van der Waals surface area contributed by atoms with Gasteiger partial charge in [-0.05, 0) is 18.8 Å². The van der Waals surface area contributed by atoms with Crippen molar-refractivity contribution in [2.24, 2.45) is 5.92 Å². The largest absolute Gasteiger partial charge is 0.378 e. The summed E-state index contributed by atoms with van der Waals surface area (Å²) in [6, 6.07) is 0.692. The van der Waals surface area contributed by atoms with Crippen molar-refractivity contribution in [1.29, 1.82) is 0 Å². The van der Waals surface area contributed by atoms with Gasteiger partial charge in [-0.3, -0.25) is 9.69 Å². The fourth-order valence-electron chi connectivity index (χ4n) is 3.15. The molecule has 4 heteroatoms. The molecule has 2 rings (SSSR count). The van der Waals surface area contributed by atoms with Crippen LogP contribution in [0.4, 0.5) is 0 Å². The Labute approximate surface area is 110 Å². The molecule has 1 amide bonds. The van der Waals surface area contributed by atoms with E-state index in [1.807, 2.05) is 4.90 Å². The molecule has 18 heavy (non-hydrogen) atoms. The van der Waals surface area contributed by atoms with E-state index >= 15 is 0 Å². The van der Waals surface area contributed by atoms with Crippen LogP contribution in [0.25, 0.3) is 0 Å². The number of morpholine rings is 1. The van der Waals surface area contributed by atoms with Crippen LogP contribution in [-0.2, 0) is 9.53 Å². The molecule has 0 unspecified atom stereocenters. The molecule has 0 aliphatic carbocycles. The van der Waals surface area contributed by atoms with Crippen molar-refractivity contribution < 1.29 is 9.53 Å². The standard InChI is InChI=1S/C14H26N2O2/c1-3-13-10-12(2)11-16(13)5-4-14(17)15-6-8-18-9-7-15/h12-13H,3-11H2,1-2H3/t12-,13+/m0/s1. The SMILES string of the molecule is CC[C@@H]1C[C@H](C)CN1CCC(=O)N1CCOCC1. The Hall–Kier alpha value is -0.610. The molecule has 2 aliphatic rings. The normalized spacial score (nSPS) is 29.8. The van der Waals surface area contributed by atoms with Crippen molar-refractivity contribution in [3.8, 4) is 0 Å². The Balaban J connectivity index is 1.74. The van der Waals surface area contributed by atoms with Crippen LogP contribution >= 0.6 is 0 Å². The van der Waals surface area contributed by atoms with Crippen LogP contribution < -0.4 is 0 Å². The fraction of sp³-hybridized carbons (Fsp3) is 0.929. The first-order valence-corrected chi connectivity index (χ1v) is 7.30. The molecular formula is C14H26N2O2. The monoisotopic (exact) mass is 254 g/mol. The van der Waals surface area contributed by atoms with Gasteiger partial charge in [-0.25, -0.2) is 0 Å². The number of carbonyl (C=O) groups is 1. The quantitative estimate of drug-likeness (QED) is 0.759. The lowest BCUT2D eigenvalue weighted by Gasteiger charge is -2.28. The van der Waals surface area contributed by atoms with E-state index in [4.69, 9.17) is 4.74 Å². The number of hydrogen-bond donors (Lipinski definition) is 0. The Morgan fingerprint density at radius 3 is 2.72 bits per heavy atom. The number of nitrogens with zero attached hydrogens (tertiary/aromatic N) is 2. The average Bonchev–Trinajstić information content (AvgIpc) is 2.77. The summed E-state index contributed by atoms with van der Waals surface area (Å²) >= 11 is 0. The number of hydrogen-bond acceptors (Lipinski definition) is 3. The summed E-state index contributed by atoms with van der Waals surface area (Å²) < 4.78 is 5.27. The van der Waals surface area contributed by atoms with Gasteiger partial charge in [-0.2, -0.15) is 0 Å². The number of likely N-dealkylation sites (tertiary alicyclic amines) is 1. The highest BCUT2D eigenvalue weighted by Crippen LogP contribution is 2.24. The first-order chi connectivity index (χ1) is 8.70. The fourth-order valence-corrected chi connectivity index (χ4v) is 3.15. The summed E-state index contributed by atoms with van der Waals surface area (Å²) in [6.45, 7) is 9.59. The van der Waals surface area contributed by atoms with Crippen LogP contribution in [0.2, 0.25) is 0 Å². The average molecular weight is 254 g/mol. The van der Waals surface area contributed by atoms with Crippen molar-refractivity contribution in [2.45, 2.75) is 39.2 Å². The third kappa shape index (κ3) is 3.45. The van der Waals surface area contributed by atoms with Crippen LogP contribution in [0.5, 0.6) is 0 Å². The van der Waals surface area contributed by atoms with Crippen molar-refractivity contribution in [3.05, 3.63) is 0 Å². The first kappa shape index (κ1) is 13.8. The maximum atomic E-state index is 12.1. The third-order valence-electron chi connectivity index (χ3n) is 4.18. The molecule has 0 aromatic carbocycles. The van der Waals surface area contributed by atoms with E-state index in [0.717, 1.165) is 32.1 Å². The first-order valence-electron chi connectivity index (χ1n) is 7.30. The van der Waals surface area contributed by atoms with Gasteiger partial charge in [0.1, 0.15) is 0 Å². The van der Waals surface area contributed by atoms with Crippen molar-refractivity contribution in [1.82, 2.24) is 9.80 Å². The third-order valence-corrected chi connectivity index (χ3v) is 4.18. The molecule has 104 valence electrons. The molecule has 2 saturated heterocycles. The molecule has 0 N–H and O–H groups in total. The molecule has 0 aromatic heterocycles. The number of rotatable bonds is 4. The minimum absolute atomic E-state index is 0.299. The Morgan fingerprint density at radius 1 is 1.33 bits per heavy atom. The smallest absolute Gasteiger partial charge is 0.224 e. The van der Waals surface area contributed by atoms with Crippen LogP contribution in [0.1, 0.15) is 33.1 Å². The molecule has 2 aliphatic heterocycles. The molecule has 4 nitrogen and oxygen atoms in total. The molecule has 2 heterocycles. The van der Waals surface area contributed by atoms with Gasteiger partial charge in [-0.15, -0.1) is 0 Å². The Kier molecular flexibility index (Phi) is 5.01. The predicted molar refractivity (Wildman–Crippen MR) is 71.4 cm³/mol. The summed E-state index contributed by atoms with van der Waals surface area (Å²) in [5, 5.41) is 0. The molecule has 0 radical (unpaired) electrons. The minimum Gasteiger partial charge on any atom is -0.378 e. The zero-order valence-corrected chi connectivity index (χ0v) is 11.7. The van der Waals surface area contributed by atoms with Gasteiger partial charge in [0, 0.05) is 38.6 Å². The number of ether oxygens (including phenoxy) is 1. The van der Waals surface area contributed by atoms with Crippen LogP contribution in [0.15, 0.2) is 0 Å². The molecule has 2 atom stereocenters. The minimum atomic E-state index is 0.299. The summed E-state index contributed by atoms with van der Waals surface area (Å²) in [5.74, 6) is 1.08. The predicted octanol–water partition coefficient (Wildman–Crippen LogP) is 1.36. The van der Waals surface area contributed by atoms with E-state index < -0.39 is 0 Å². The van der Waals surface area contributed by atoms with Gasteiger partial charge in [0.15, 0.2) is 0 Å². The van der Waals surface area contributed by atoms with Gasteiger partial charge in [-0.1, -0.05) is 13.8 Å². The lowest BCUT2D eigenvalue weighted by atomic mass is 10.1. The number of carbonyl (C=O) groups excluding carboxylic acids is 1. The van der Waals surface area contributed by atoms with E-state index in [0.29, 0.717) is 31.6 Å². The van der Waals surface area contributed by atoms with E-state index in [9.17, 15) is 4.79 Å². The van der Waals surface area contributed by atoms with E-state index in [1.165, 1.54) is 12.8 Å². The molecule has 0 saturated carbocycles. The second kappa shape index (κ2) is 6.53. The van der Waals surface area contributed by atoms with Gasteiger partial charge < -0.3 is 9.64 Å². The zero-order valence-electron chi connectivity index (χ0n) is 11.7. The summed E-state index contributed by atoms with van der Waals surface area (Å²) in [6.07, 6.45) is 3.17. The Morgan fingerprint density at radius 2 is 2.06 bits per heavy atom. The molecular weight excluding hydrogens is 228 g/mol. The summed E-state index contributed by atoms with van der Waals surface area (Å²) in [4.78, 5) is 16.5. The highest BCUT2D eigenvalue weighted by atomic mass is 16.5. The van der Waals surface area contributed by atoms with Gasteiger partial charge >= 0.3 is 0 Å². The molecule has 0 bridgehead atoms. The highest BCUT2D eigenvalue weighted by Gasteiger charge is 2.28.